The van der Waals surface area contributed by atoms with Gasteiger partial charge >= 0.3 is 0 Å². The molecule has 20 heavy (non-hydrogen) atoms. The minimum absolute atomic E-state index is 0.204. The van der Waals surface area contributed by atoms with Gasteiger partial charge in [-0.1, -0.05) is 24.3 Å². The second-order valence-corrected chi connectivity index (χ2v) is 5.59. The van der Waals surface area contributed by atoms with E-state index in [4.69, 9.17) is 4.74 Å². The van der Waals surface area contributed by atoms with Crippen molar-refractivity contribution in [1.29, 1.82) is 0 Å². The number of piperidine rings is 1. The summed E-state index contributed by atoms with van der Waals surface area (Å²) >= 11 is 0. The number of rotatable bonds is 4. The molecule has 0 aliphatic carbocycles. The van der Waals surface area contributed by atoms with Gasteiger partial charge in [-0.3, -0.25) is 4.79 Å². The summed E-state index contributed by atoms with van der Waals surface area (Å²) in [5.74, 6) is 0.204. The van der Waals surface area contributed by atoms with E-state index in [0.29, 0.717) is 19.1 Å². The second-order valence-electron chi connectivity index (χ2n) is 5.59. The fourth-order valence-corrected chi connectivity index (χ4v) is 2.94. The van der Waals surface area contributed by atoms with Gasteiger partial charge in [0.25, 0.3) is 0 Å². The van der Waals surface area contributed by atoms with Gasteiger partial charge in [0.15, 0.2) is 0 Å². The van der Waals surface area contributed by atoms with Crippen LogP contribution >= 0.6 is 0 Å². The van der Waals surface area contributed by atoms with E-state index in [-0.39, 0.29) is 5.91 Å². The van der Waals surface area contributed by atoms with Crippen LogP contribution in [-0.2, 0) is 22.6 Å². The Morgan fingerprint density at radius 3 is 2.50 bits per heavy atom. The molecule has 0 saturated carbocycles. The normalized spacial score (nSPS) is 19.1. The summed E-state index contributed by atoms with van der Waals surface area (Å²) in [6.45, 7) is 4.11. The van der Waals surface area contributed by atoms with Gasteiger partial charge in [0.2, 0.25) is 5.91 Å². The van der Waals surface area contributed by atoms with Crippen LogP contribution in [-0.4, -0.2) is 36.6 Å². The number of benzene rings is 1. The van der Waals surface area contributed by atoms with Crippen molar-refractivity contribution in [3.05, 3.63) is 35.4 Å². The largest absolute Gasteiger partial charge is 0.378 e. The molecule has 1 amide bonds. The Morgan fingerprint density at radius 2 is 1.85 bits per heavy atom. The lowest BCUT2D eigenvalue weighted by Gasteiger charge is -2.23. The minimum atomic E-state index is 0.204. The fourth-order valence-electron chi connectivity index (χ4n) is 2.94. The monoisotopic (exact) mass is 274 g/mol. The highest BCUT2D eigenvalue weighted by Gasteiger charge is 2.22. The molecule has 1 N–H and O–H groups in total. The summed E-state index contributed by atoms with van der Waals surface area (Å²) in [7, 11) is 0. The van der Waals surface area contributed by atoms with Crippen LogP contribution in [0.5, 0.6) is 0 Å². The lowest BCUT2D eigenvalue weighted by Crippen LogP contribution is -2.33. The SMILES string of the molecule is O=C(CCOC1CCNCC1)N1Cc2ccccc2C1. The first kappa shape index (κ1) is 13.6. The smallest absolute Gasteiger partial charge is 0.225 e. The Kier molecular flexibility index (Phi) is 4.33. The predicted octanol–water partition coefficient (Wildman–Crippen LogP) is 1.69. The molecule has 0 spiro atoms. The average Bonchev–Trinajstić information content (AvgIpc) is 2.92. The van der Waals surface area contributed by atoms with Gasteiger partial charge in [-0.15, -0.1) is 0 Å². The summed E-state index contributed by atoms with van der Waals surface area (Å²) in [5, 5.41) is 3.31. The molecule has 1 saturated heterocycles. The third-order valence-corrected chi connectivity index (χ3v) is 4.15. The van der Waals surface area contributed by atoms with E-state index in [1.165, 1.54) is 11.1 Å². The van der Waals surface area contributed by atoms with Gasteiger partial charge in [0.05, 0.1) is 19.1 Å². The van der Waals surface area contributed by atoms with Crippen molar-refractivity contribution in [3.63, 3.8) is 0 Å². The highest BCUT2D eigenvalue weighted by Crippen LogP contribution is 2.22. The number of ether oxygens (including phenoxy) is 1. The number of carbonyl (C=O) groups excluding carboxylic acids is 1. The van der Waals surface area contributed by atoms with Gasteiger partial charge < -0.3 is 15.0 Å². The highest BCUT2D eigenvalue weighted by atomic mass is 16.5. The van der Waals surface area contributed by atoms with E-state index < -0.39 is 0 Å². The zero-order valence-electron chi connectivity index (χ0n) is 11.8. The standard InChI is InChI=1S/C16H22N2O2/c19-16(7-10-20-15-5-8-17-9-6-15)18-11-13-3-1-2-4-14(13)12-18/h1-4,15,17H,5-12H2. The van der Waals surface area contributed by atoms with E-state index >= 15 is 0 Å². The van der Waals surface area contributed by atoms with Crippen molar-refractivity contribution in [1.82, 2.24) is 10.2 Å². The lowest BCUT2D eigenvalue weighted by molar-refractivity contribution is -0.133. The number of amides is 1. The van der Waals surface area contributed by atoms with Crippen molar-refractivity contribution >= 4 is 5.91 Å². The van der Waals surface area contributed by atoms with E-state index in [1.54, 1.807) is 0 Å². The summed E-state index contributed by atoms with van der Waals surface area (Å²) in [4.78, 5) is 14.1. The Hall–Kier alpha value is -1.39. The number of carbonyl (C=O) groups is 1. The first-order chi connectivity index (χ1) is 9.83. The molecule has 4 nitrogen and oxygen atoms in total. The van der Waals surface area contributed by atoms with Crippen LogP contribution in [0.2, 0.25) is 0 Å². The van der Waals surface area contributed by atoms with Crippen molar-refractivity contribution < 1.29 is 9.53 Å². The molecular weight excluding hydrogens is 252 g/mol. The number of hydrogen-bond donors (Lipinski definition) is 1. The predicted molar refractivity (Wildman–Crippen MR) is 77.2 cm³/mol. The molecule has 2 aliphatic rings. The van der Waals surface area contributed by atoms with Crippen LogP contribution in [0.25, 0.3) is 0 Å². The van der Waals surface area contributed by atoms with E-state index in [2.05, 4.69) is 17.4 Å². The van der Waals surface area contributed by atoms with Gasteiger partial charge in [0.1, 0.15) is 0 Å². The third-order valence-electron chi connectivity index (χ3n) is 4.15. The fraction of sp³-hybridized carbons (Fsp3) is 0.562. The van der Waals surface area contributed by atoms with Crippen LogP contribution in [0, 0.1) is 0 Å². The molecular formula is C16H22N2O2. The van der Waals surface area contributed by atoms with Crippen molar-refractivity contribution in [3.8, 4) is 0 Å². The molecule has 4 heteroatoms. The quantitative estimate of drug-likeness (QED) is 0.908. The molecule has 1 aromatic rings. The van der Waals surface area contributed by atoms with Crippen molar-refractivity contribution in [2.24, 2.45) is 0 Å². The number of fused-ring (bicyclic) bond motifs is 1. The molecule has 0 unspecified atom stereocenters. The summed E-state index contributed by atoms with van der Waals surface area (Å²) < 4.78 is 5.80. The molecule has 0 radical (unpaired) electrons. The maximum absolute atomic E-state index is 12.2. The molecule has 2 heterocycles. The topological polar surface area (TPSA) is 41.6 Å². The third kappa shape index (κ3) is 3.19. The first-order valence-electron chi connectivity index (χ1n) is 7.50. The van der Waals surface area contributed by atoms with Crippen molar-refractivity contribution in [2.45, 2.75) is 38.5 Å². The van der Waals surface area contributed by atoms with E-state index in [1.807, 2.05) is 17.0 Å². The van der Waals surface area contributed by atoms with Crippen LogP contribution in [0.1, 0.15) is 30.4 Å². The molecule has 108 valence electrons. The number of nitrogens with one attached hydrogen (secondary N) is 1. The molecule has 1 aromatic carbocycles. The van der Waals surface area contributed by atoms with Crippen LogP contribution in [0.15, 0.2) is 24.3 Å². The average molecular weight is 274 g/mol. The van der Waals surface area contributed by atoms with Crippen LogP contribution in [0.4, 0.5) is 0 Å². The minimum Gasteiger partial charge on any atom is -0.378 e. The maximum Gasteiger partial charge on any atom is 0.225 e. The Labute approximate surface area is 120 Å². The molecule has 2 aliphatic heterocycles. The van der Waals surface area contributed by atoms with Gasteiger partial charge in [-0.05, 0) is 37.1 Å². The lowest BCUT2D eigenvalue weighted by atomic mass is 10.1. The molecule has 0 bridgehead atoms. The van der Waals surface area contributed by atoms with Gasteiger partial charge in [-0.2, -0.15) is 0 Å². The molecule has 1 fully saturated rings. The van der Waals surface area contributed by atoms with E-state index in [0.717, 1.165) is 39.0 Å². The van der Waals surface area contributed by atoms with Crippen molar-refractivity contribution in [2.75, 3.05) is 19.7 Å². The maximum atomic E-state index is 12.2. The molecule has 0 aromatic heterocycles. The molecule has 0 atom stereocenters. The highest BCUT2D eigenvalue weighted by molar-refractivity contribution is 5.77. The van der Waals surface area contributed by atoms with Gasteiger partial charge in [-0.25, -0.2) is 0 Å². The molecule has 3 rings (SSSR count). The first-order valence-corrected chi connectivity index (χ1v) is 7.50. The Balaban J connectivity index is 1.42. The summed E-state index contributed by atoms with van der Waals surface area (Å²) in [6, 6.07) is 8.28. The summed E-state index contributed by atoms with van der Waals surface area (Å²) in [6.07, 6.45) is 2.95. The van der Waals surface area contributed by atoms with E-state index in [9.17, 15) is 4.79 Å². The van der Waals surface area contributed by atoms with Gasteiger partial charge in [0, 0.05) is 13.1 Å². The zero-order chi connectivity index (χ0) is 13.8. The van der Waals surface area contributed by atoms with Crippen LogP contribution in [0.3, 0.4) is 0 Å². The Bertz CT molecular complexity index is 444. The number of nitrogens with zero attached hydrogens (tertiary/aromatic N) is 1. The second kappa shape index (κ2) is 6.37. The zero-order valence-corrected chi connectivity index (χ0v) is 11.8. The number of hydrogen-bond acceptors (Lipinski definition) is 3. The Morgan fingerprint density at radius 1 is 1.20 bits per heavy atom. The van der Waals surface area contributed by atoms with Crippen LogP contribution < -0.4 is 5.32 Å². The summed E-state index contributed by atoms with van der Waals surface area (Å²) in [5.41, 5.74) is 2.56.